The first-order chi connectivity index (χ1) is 9.38. The highest BCUT2D eigenvalue weighted by Crippen LogP contribution is 2.30. The van der Waals surface area contributed by atoms with E-state index in [1.165, 1.54) is 29.2 Å². The van der Waals surface area contributed by atoms with Crippen LogP contribution in [-0.2, 0) is 11.2 Å². The number of epoxide rings is 1. The molecule has 0 aliphatic carbocycles. The first kappa shape index (κ1) is 12.5. The van der Waals surface area contributed by atoms with Gasteiger partial charge in [-0.05, 0) is 29.7 Å². The first-order valence-corrected chi connectivity index (χ1v) is 7.13. The zero-order valence-electron chi connectivity index (χ0n) is 11.4. The van der Waals surface area contributed by atoms with Crippen LogP contribution in [0.1, 0.15) is 25.3 Å². The summed E-state index contributed by atoms with van der Waals surface area (Å²) < 4.78 is 11.2. The number of aryl methyl sites for hydroxylation is 1. The van der Waals surface area contributed by atoms with Crippen molar-refractivity contribution in [1.82, 2.24) is 0 Å². The minimum atomic E-state index is 0.311. The Morgan fingerprint density at radius 3 is 2.84 bits per heavy atom. The van der Waals surface area contributed by atoms with E-state index in [0.29, 0.717) is 12.7 Å². The van der Waals surface area contributed by atoms with E-state index in [2.05, 4.69) is 43.3 Å². The van der Waals surface area contributed by atoms with Gasteiger partial charge in [-0.15, -0.1) is 0 Å². The Bertz CT molecular complexity index is 558. The minimum Gasteiger partial charge on any atom is -0.490 e. The van der Waals surface area contributed by atoms with Gasteiger partial charge >= 0.3 is 0 Å². The zero-order chi connectivity index (χ0) is 13.1. The van der Waals surface area contributed by atoms with Crippen LogP contribution in [0.25, 0.3) is 10.8 Å². The normalized spacial score (nSPS) is 17.6. The van der Waals surface area contributed by atoms with Gasteiger partial charge in [-0.3, -0.25) is 0 Å². The summed E-state index contributed by atoms with van der Waals surface area (Å²) in [6.45, 7) is 3.75. The fourth-order valence-electron chi connectivity index (χ4n) is 2.41. The van der Waals surface area contributed by atoms with Gasteiger partial charge in [0.05, 0.1) is 6.61 Å². The van der Waals surface area contributed by atoms with Gasteiger partial charge in [-0.25, -0.2) is 0 Å². The molecule has 1 fully saturated rings. The Morgan fingerprint density at radius 1 is 1.21 bits per heavy atom. The summed E-state index contributed by atoms with van der Waals surface area (Å²) in [6, 6.07) is 12.8. The van der Waals surface area contributed by atoms with Crippen molar-refractivity contribution >= 4 is 10.8 Å². The lowest BCUT2D eigenvalue weighted by Crippen LogP contribution is -2.06. The quantitative estimate of drug-likeness (QED) is 0.730. The molecule has 2 aromatic rings. The molecule has 2 heteroatoms. The maximum absolute atomic E-state index is 5.94. The van der Waals surface area contributed by atoms with Crippen LogP contribution in [0.3, 0.4) is 0 Å². The predicted octanol–water partition coefficient (Wildman–Crippen LogP) is 3.96. The van der Waals surface area contributed by atoms with Gasteiger partial charge < -0.3 is 9.47 Å². The van der Waals surface area contributed by atoms with E-state index in [9.17, 15) is 0 Å². The average Bonchev–Trinajstić information content (AvgIpc) is 3.27. The zero-order valence-corrected chi connectivity index (χ0v) is 11.4. The van der Waals surface area contributed by atoms with Crippen molar-refractivity contribution in [3.8, 4) is 5.75 Å². The lowest BCUT2D eigenvalue weighted by atomic mass is 9.99. The van der Waals surface area contributed by atoms with Crippen molar-refractivity contribution in [3.05, 3.63) is 42.0 Å². The molecule has 19 heavy (non-hydrogen) atoms. The molecule has 1 aliphatic rings. The topological polar surface area (TPSA) is 21.8 Å². The molecule has 1 heterocycles. The van der Waals surface area contributed by atoms with Crippen LogP contribution in [0, 0.1) is 0 Å². The third-order valence-corrected chi connectivity index (χ3v) is 3.61. The van der Waals surface area contributed by atoms with E-state index >= 15 is 0 Å². The highest BCUT2D eigenvalue weighted by Gasteiger charge is 2.23. The molecule has 0 bridgehead atoms. The SMILES string of the molecule is CCCCc1c(OC[C@@H]2CO2)ccc2ccccc12. The molecule has 1 saturated heterocycles. The van der Waals surface area contributed by atoms with Crippen LogP contribution in [0.4, 0.5) is 0 Å². The molecular weight excluding hydrogens is 236 g/mol. The van der Waals surface area contributed by atoms with E-state index in [4.69, 9.17) is 9.47 Å². The monoisotopic (exact) mass is 256 g/mol. The van der Waals surface area contributed by atoms with Gasteiger partial charge in [0, 0.05) is 5.56 Å². The van der Waals surface area contributed by atoms with Gasteiger partial charge in [0.25, 0.3) is 0 Å². The number of unbranched alkanes of at least 4 members (excludes halogenated alkanes) is 1. The number of fused-ring (bicyclic) bond motifs is 1. The third kappa shape index (κ3) is 2.90. The standard InChI is InChI=1S/C17H20O2/c1-2-3-7-16-15-8-5-4-6-13(15)9-10-17(16)19-12-14-11-18-14/h4-6,8-10,14H,2-3,7,11-12H2,1H3/t14-/m0/s1. The molecule has 0 N–H and O–H groups in total. The van der Waals surface area contributed by atoms with Crippen LogP contribution in [-0.4, -0.2) is 19.3 Å². The number of hydrogen-bond donors (Lipinski definition) is 0. The van der Waals surface area contributed by atoms with Crippen LogP contribution < -0.4 is 4.74 Å². The highest BCUT2D eigenvalue weighted by molar-refractivity contribution is 5.87. The van der Waals surface area contributed by atoms with Gasteiger partial charge in [0.15, 0.2) is 0 Å². The third-order valence-electron chi connectivity index (χ3n) is 3.61. The Kier molecular flexibility index (Phi) is 3.69. The molecule has 0 aromatic heterocycles. The van der Waals surface area contributed by atoms with Gasteiger partial charge in [0.1, 0.15) is 18.5 Å². The number of rotatable bonds is 6. The summed E-state index contributed by atoms with van der Waals surface area (Å²) >= 11 is 0. The summed E-state index contributed by atoms with van der Waals surface area (Å²) in [6.07, 6.45) is 3.79. The van der Waals surface area contributed by atoms with Gasteiger partial charge in [0.2, 0.25) is 0 Å². The second-order valence-electron chi connectivity index (χ2n) is 5.13. The largest absolute Gasteiger partial charge is 0.490 e. The maximum Gasteiger partial charge on any atom is 0.123 e. The fraction of sp³-hybridized carbons (Fsp3) is 0.412. The lowest BCUT2D eigenvalue weighted by molar-refractivity contribution is 0.261. The summed E-state index contributed by atoms with van der Waals surface area (Å²) in [7, 11) is 0. The average molecular weight is 256 g/mol. The summed E-state index contributed by atoms with van der Waals surface area (Å²) in [5.41, 5.74) is 1.35. The fourth-order valence-corrected chi connectivity index (χ4v) is 2.41. The smallest absolute Gasteiger partial charge is 0.123 e. The van der Waals surface area contributed by atoms with Crippen LogP contribution in [0.2, 0.25) is 0 Å². The van der Waals surface area contributed by atoms with Crippen molar-refractivity contribution in [2.24, 2.45) is 0 Å². The summed E-state index contributed by atoms with van der Waals surface area (Å²) in [4.78, 5) is 0. The molecule has 0 radical (unpaired) electrons. The van der Waals surface area contributed by atoms with Crippen LogP contribution in [0.5, 0.6) is 5.75 Å². The number of hydrogen-bond acceptors (Lipinski definition) is 2. The first-order valence-electron chi connectivity index (χ1n) is 7.13. The predicted molar refractivity (Wildman–Crippen MR) is 77.8 cm³/mol. The molecule has 2 nitrogen and oxygen atoms in total. The molecule has 0 unspecified atom stereocenters. The van der Waals surface area contributed by atoms with E-state index < -0.39 is 0 Å². The Labute approximate surface area is 114 Å². The maximum atomic E-state index is 5.94. The molecule has 100 valence electrons. The second kappa shape index (κ2) is 5.62. The Hall–Kier alpha value is -1.54. The van der Waals surface area contributed by atoms with Gasteiger partial charge in [-0.2, -0.15) is 0 Å². The van der Waals surface area contributed by atoms with Crippen molar-refractivity contribution in [2.45, 2.75) is 32.3 Å². The molecule has 2 aromatic carbocycles. The van der Waals surface area contributed by atoms with Crippen LogP contribution in [0.15, 0.2) is 36.4 Å². The summed E-state index contributed by atoms with van der Waals surface area (Å²) in [5, 5.41) is 2.62. The molecule has 1 aliphatic heterocycles. The van der Waals surface area contributed by atoms with Crippen LogP contribution >= 0.6 is 0 Å². The van der Waals surface area contributed by atoms with Crippen molar-refractivity contribution in [3.63, 3.8) is 0 Å². The summed E-state index contributed by atoms with van der Waals surface area (Å²) in [5.74, 6) is 1.03. The number of benzene rings is 2. The van der Waals surface area contributed by atoms with E-state index in [1.54, 1.807) is 0 Å². The van der Waals surface area contributed by atoms with E-state index in [1.807, 2.05) is 0 Å². The molecule has 3 rings (SSSR count). The lowest BCUT2D eigenvalue weighted by Gasteiger charge is -2.13. The second-order valence-corrected chi connectivity index (χ2v) is 5.13. The minimum absolute atomic E-state index is 0.311. The molecule has 0 saturated carbocycles. The number of ether oxygens (including phenoxy) is 2. The van der Waals surface area contributed by atoms with E-state index in [-0.39, 0.29) is 0 Å². The van der Waals surface area contributed by atoms with E-state index in [0.717, 1.165) is 18.8 Å². The molecule has 0 spiro atoms. The van der Waals surface area contributed by atoms with Crippen molar-refractivity contribution < 1.29 is 9.47 Å². The van der Waals surface area contributed by atoms with Crippen molar-refractivity contribution in [1.29, 1.82) is 0 Å². The Morgan fingerprint density at radius 2 is 2.05 bits per heavy atom. The molecular formula is C17H20O2. The Balaban J connectivity index is 1.93. The molecule has 1 atom stereocenters. The molecule has 0 amide bonds. The van der Waals surface area contributed by atoms with Gasteiger partial charge in [-0.1, -0.05) is 43.7 Å². The highest BCUT2D eigenvalue weighted by atomic mass is 16.6. The van der Waals surface area contributed by atoms with Crippen molar-refractivity contribution in [2.75, 3.05) is 13.2 Å².